The summed E-state index contributed by atoms with van der Waals surface area (Å²) in [5.74, 6) is 2.38. The second kappa shape index (κ2) is 4.23. The molecule has 0 bridgehead atoms. The van der Waals surface area contributed by atoms with Gasteiger partial charge in [-0.25, -0.2) is 0 Å². The Hall–Kier alpha value is -1.02. The number of hydrogen-bond acceptors (Lipinski definition) is 2. The molecule has 0 saturated heterocycles. The molecule has 1 aliphatic rings. The summed E-state index contributed by atoms with van der Waals surface area (Å²) in [5.41, 5.74) is 1.41. The predicted molar refractivity (Wildman–Crippen MR) is 62.4 cm³/mol. The normalized spacial score (nSPS) is 29.7. The summed E-state index contributed by atoms with van der Waals surface area (Å²) >= 11 is 0. The zero-order chi connectivity index (χ0) is 10.8. The molecule has 0 aromatic heterocycles. The topological polar surface area (TPSA) is 21.3 Å². The second-order valence-electron chi connectivity index (χ2n) is 4.37. The first-order valence-corrected chi connectivity index (χ1v) is 5.57. The van der Waals surface area contributed by atoms with Crippen LogP contribution >= 0.6 is 0 Å². The van der Waals surface area contributed by atoms with Crippen LogP contribution in [-0.2, 0) is 0 Å². The first-order chi connectivity index (χ1) is 7.26. The molecule has 2 nitrogen and oxygen atoms in total. The van der Waals surface area contributed by atoms with Gasteiger partial charge in [0.25, 0.3) is 0 Å². The van der Waals surface area contributed by atoms with Gasteiger partial charge in [0.2, 0.25) is 0 Å². The van der Waals surface area contributed by atoms with Gasteiger partial charge in [-0.3, -0.25) is 0 Å². The van der Waals surface area contributed by atoms with E-state index in [2.05, 4.69) is 30.4 Å². The van der Waals surface area contributed by atoms with Crippen molar-refractivity contribution in [3.05, 3.63) is 29.8 Å². The Bertz CT molecular complexity index is 337. The van der Waals surface area contributed by atoms with E-state index in [0.29, 0.717) is 12.0 Å². The summed E-state index contributed by atoms with van der Waals surface area (Å²) < 4.78 is 5.25. The van der Waals surface area contributed by atoms with Gasteiger partial charge < -0.3 is 10.1 Å². The fraction of sp³-hybridized carbons (Fsp3) is 0.538. The smallest absolute Gasteiger partial charge is 0.119 e. The Balaban J connectivity index is 2.11. The van der Waals surface area contributed by atoms with Crippen LogP contribution in [0.5, 0.6) is 5.75 Å². The van der Waals surface area contributed by atoms with Crippen LogP contribution in [-0.4, -0.2) is 20.2 Å². The lowest BCUT2D eigenvalue weighted by Crippen LogP contribution is -2.46. The molecule has 3 atom stereocenters. The van der Waals surface area contributed by atoms with E-state index in [-0.39, 0.29) is 0 Å². The van der Waals surface area contributed by atoms with Gasteiger partial charge in [0.1, 0.15) is 5.75 Å². The van der Waals surface area contributed by atoms with Crippen LogP contribution in [0.1, 0.15) is 24.8 Å². The Kier molecular flexibility index (Phi) is 2.96. The van der Waals surface area contributed by atoms with E-state index in [1.54, 1.807) is 7.11 Å². The van der Waals surface area contributed by atoms with Crippen LogP contribution < -0.4 is 10.1 Å². The largest absolute Gasteiger partial charge is 0.497 e. The van der Waals surface area contributed by atoms with Crippen LogP contribution in [0.4, 0.5) is 0 Å². The molecule has 1 N–H and O–H groups in total. The van der Waals surface area contributed by atoms with E-state index in [1.165, 1.54) is 12.0 Å². The van der Waals surface area contributed by atoms with Gasteiger partial charge in [0.05, 0.1) is 7.11 Å². The molecule has 1 aromatic carbocycles. The number of nitrogens with one attached hydrogen (secondary N) is 1. The lowest BCUT2D eigenvalue weighted by molar-refractivity contribution is 0.194. The van der Waals surface area contributed by atoms with Gasteiger partial charge in [-0.05, 0) is 43.0 Å². The van der Waals surface area contributed by atoms with Crippen molar-refractivity contribution in [2.75, 3.05) is 14.2 Å². The number of ether oxygens (including phenoxy) is 1. The Morgan fingerprint density at radius 3 is 2.80 bits per heavy atom. The minimum atomic E-state index is 0.682. The molecule has 0 radical (unpaired) electrons. The van der Waals surface area contributed by atoms with Crippen molar-refractivity contribution in [2.45, 2.75) is 25.3 Å². The van der Waals surface area contributed by atoms with Crippen LogP contribution in [0.15, 0.2) is 24.3 Å². The first-order valence-electron chi connectivity index (χ1n) is 5.57. The molecular weight excluding hydrogens is 186 g/mol. The highest BCUT2D eigenvalue weighted by atomic mass is 16.5. The van der Waals surface area contributed by atoms with Crippen molar-refractivity contribution in [1.82, 2.24) is 5.32 Å². The molecule has 0 heterocycles. The molecule has 15 heavy (non-hydrogen) atoms. The average molecular weight is 205 g/mol. The van der Waals surface area contributed by atoms with E-state index in [4.69, 9.17) is 4.74 Å². The first kappa shape index (κ1) is 10.5. The zero-order valence-corrected chi connectivity index (χ0v) is 9.66. The zero-order valence-electron chi connectivity index (χ0n) is 9.66. The quantitative estimate of drug-likeness (QED) is 0.818. The molecule has 2 rings (SSSR count). The van der Waals surface area contributed by atoms with Crippen molar-refractivity contribution < 1.29 is 4.74 Å². The highest BCUT2D eigenvalue weighted by molar-refractivity contribution is 5.33. The molecule has 1 fully saturated rings. The maximum absolute atomic E-state index is 5.25. The van der Waals surface area contributed by atoms with Gasteiger partial charge >= 0.3 is 0 Å². The van der Waals surface area contributed by atoms with Gasteiger partial charge in [-0.1, -0.05) is 19.1 Å². The Morgan fingerprint density at radius 2 is 2.20 bits per heavy atom. The number of rotatable bonds is 3. The SMILES string of the molecule is CNC1CC(c2cccc(OC)c2)C1C. The number of benzene rings is 1. The van der Waals surface area contributed by atoms with E-state index < -0.39 is 0 Å². The van der Waals surface area contributed by atoms with E-state index in [1.807, 2.05) is 13.1 Å². The minimum Gasteiger partial charge on any atom is -0.497 e. The standard InChI is InChI=1S/C13H19NO/c1-9-12(8-13(9)14-2)10-5-4-6-11(7-10)15-3/h4-7,9,12-14H,8H2,1-3H3. The van der Waals surface area contributed by atoms with E-state index >= 15 is 0 Å². The van der Waals surface area contributed by atoms with Crippen LogP contribution in [0.25, 0.3) is 0 Å². The number of hydrogen-bond donors (Lipinski definition) is 1. The van der Waals surface area contributed by atoms with Crippen molar-refractivity contribution in [3.8, 4) is 5.75 Å². The predicted octanol–water partition coefficient (Wildman–Crippen LogP) is 2.41. The summed E-state index contributed by atoms with van der Waals surface area (Å²) in [6.45, 7) is 2.31. The molecular formula is C13H19NO. The third-order valence-electron chi connectivity index (χ3n) is 3.67. The van der Waals surface area contributed by atoms with Gasteiger partial charge in [-0.2, -0.15) is 0 Å². The summed E-state index contributed by atoms with van der Waals surface area (Å²) in [7, 11) is 3.77. The molecule has 0 amide bonds. The van der Waals surface area contributed by atoms with E-state index in [0.717, 1.165) is 11.7 Å². The monoisotopic (exact) mass is 205 g/mol. The van der Waals surface area contributed by atoms with Crippen molar-refractivity contribution in [1.29, 1.82) is 0 Å². The van der Waals surface area contributed by atoms with Gasteiger partial charge in [0.15, 0.2) is 0 Å². The Labute approximate surface area is 91.6 Å². The van der Waals surface area contributed by atoms with E-state index in [9.17, 15) is 0 Å². The maximum atomic E-state index is 5.25. The molecule has 3 unspecified atom stereocenters. The molecule has 2 heteroatoms. The summed E-state index contributed by atoms with van der Waals surface area (Å²) in [5, 5.41) is 3.35. The maximum Gasteiger partial charge on any atom is 0.119 e. The summed E-state index contributed by atoms with van der Waals surface area (Å²) in [6.07, 6.45) is 1.24. The minimum absolute atomic E-state index is 0.682. The molecule has 1 aromatic rings. The molecule has 1 saturated carbocycles. The molecule has 0 aliphatic heterocycles. The summed E-state index contributed by atoms with van der Waals surface area (Å²) in [4.78, 5) is 0. The molecule has 82 valence electrons. The van der Waals surface area contributed by atoms with Crippen LogP contribution in [0.2, 0.25) is 0 Å². The molecule has 0 spiro atoms. The fourth-order valence-corrected chi connectivity index (χ4v) is 2.48. The van der Waals surface area contributed by atoms with Crippen LogP contribution in [0.3, 0.4) is 0 Å². The third kappa shape index (κ3) is 1.86. The third-order valence-corrected chi connectivity index (χ3v) is 3.67. The average Bonchev–Trinajstić information content (AvgIpc) is 2.28. The lowest BCUT2D eigenvalue weighted by atomic mass is 9.67. The van der Waals surface area contributed by atoms with Crippen molar-refractivity contribution >= 4 is 0 Å². The lowest BCUT2D eigenvalue weighted by Gasteiger charge is -2.43. The highest BCUT2D eigenvalue weighted by Gasteiger charge is 2.37. The molecule has 1 aliphatic carbocycles. The Morgan fingerprint density at radius 1 is 1.40 bits per heavy atom. The van der Waals surface area contributed by atoms with Gasteiger partial charge in [0, 0.05) is 6.04 Å². The fourth-order valence-electron chi connectivity index (χ4n) is 2.48. The van der Waals surface area contributed by atoms with Gasteiger partial charge in [-0.15, -0.1) is 0 Å². The van der Waals surface area contributed by atoms with Crippen molar-refractivity contribution in [2.24, 2.45) is 5.92 Å². The van der Waals surface area contributed by atoms with Crippen LogP contribution in [0, 0.1) is 5.92 Å². The number of methoxy groups -OCH3 is 1. The summed E-state index contributed by atoms with van der Waals surface area (Å²) in [6, 6.07) is 9.12. The highest BCUT2D eigenvalue weighted by Crippen LogP contribution is 2.42. The second-order valence-corrected chi connectivity index (χ2v) is 4.37. The van der Waals surface area contributed by atoms with Crippen molar-refractivity contribution in [3.63, 3.8) is 0 Å².